The first-order valence-electron chi connectivity index (χ1n) is 11.7. The Morgan fingerprint density at radius 2 is 1.76 bits per heavy atom. The Hall–Kier alpha value is -2.37. The highest BCUT2D eigenvalue weighted by atomic mass is 35.5. The summed E-state index contributed by atoms with van der Waals surface area (Å²) in [5.74, 6) is 0.101. The summed E-state index contributed by atoms with van der Waals surface area (Å²) < 4.78 is 0. The molecule has 0 radical (unpaired) electrons. The zero-order valence-corrected chi connectivity index (χ0v) is 20.8. The van der Waals surface area contributed by atoms with E-state index in [9.17, 15) is 9.59 Å². The van der Waals surface area contributed by atoms with Gasteiger partial charge in [0.1, 0.15) is 6.04 Å². The molecule has 178 valence electrons. The summed E-state index contributed by atoms with van der Waals surface area (Å²) in [7, 11) is 0. The largest absolute Gasteiger partial charge is 0.344 e. The number of piperidine rings is 1. The number of amides is 2. The van der Waals surface area contributed by atoms with Crippen LogP contribution in [0.4, 0.5) is 0 Å². The zero-order chi connectivity index (χ0) is 24.2. The van der Waals surface area contributed by atoms with Crippen LogP contribution in [0.2, 0.25) is 5.02 Å². The third-order valence-corrected chi connectivity index (χ3v) is 6.95. The van der Waals surface area contributed by atoms with Crippen LogP contribution in [0.3, 0.4) is 0 Å². The molecule has 0 aliphatic carbocycles. The van der Waals surface area contributed by atoms with Crippen LogP contribution in [0.25, 0.3) is 0 Å². The van der Waals surface area contributed by atoms with Crippen molar-refractivity contribution in [2.24, 2.45) is 17.1 Å². The highest BCUT2D eigenvalue weighted by molar-refractivity contribution is 6.30. The molecule has 0 aromatic heterocycles. The van der Waals surface area contributed by atoms with E-state index in [1.54, 1.807) is 0 Å². The standard InChI is InChI=1S/C27H36ClN3O2/c1-18(2)25(30-24(32)16-23(29)20-8-6-5-7-9-20)26(33)31-15-14-22(27(3,4)17-31)19-10-12-21(28)13-11-19/h5-13,18,22-23,25H,14-17,29H2,1-4H3,(H,30,32)/t22-,23?,25-/m1/s1. The molecule has 1 heterocycles. The minimum atomic E-state index is -0.566. The minimum Gasteiger partial charge on any atom is -0.344 e. The number of hydrogen-bond donors (Lipinski definition) is 2. The van der Waals surface area contributed by atoms with Gasteiger partial charge in [0.05, 0.1) is 0 Å². The van der Waals surface area contributed by atoms with Gasteiger partial charge in [-0.05, 0) is 46.9 Å². The number of rotatable bonds is 7. The average molecular weight is 470 g/mol. The molecule has 2 aromatic carbocycles. The molecule has 6 heteroatoms. The fraction of sp³-hybridized carbons (Fsp3) is 0.481. The number of nitrogens with zero attached hydrogens (tertiary/aromatic N) is 1. The van der Waals surface area contributed by atoms with E-state index in [-0.39, 0.29) is 29.6 Å². The first-order valence-corrected chi connectivity index (χ1v) is 12.1. The van der Waals surface area contributed by atoms with Crippen molar-refractivity contribution in [3.8, 4) is 0 Å². The molecule has 3 rings (SSSR count). The van der Waals surface area contributed by atoms with E-state index in [2.05, 4.69) is 31.3 Å². The second-order valence-corrected chi connectivity index (χ2v) is 10.6. The predicted molar refractivity (Wildman–Crippen MR) is 134 cm³/mol. The third kappa shape index (κ3) is 6.36. The molecule has 2 amide bonds. The summed E-state index contributed by atoms with van der Waals surface area (Å²) in [5.41, 5.74) is 8.28. The number of likely N-dealkylation sites (tertiary alicyclic amines) is 1. The number of hydrogen-bond acceptors (Lipinski definition) is 3. The van der Waals surface area contributed by atoms with Crippen molar-refractivity contribution >= 4 is 23.4 Å². The third-order valence-electron chi connectivity index (χ3n) is 6.70. The molecule has 1 aliphatic rings. The summed E-state index contributed by atoms with van der Waals surface area (Å²) in [6, 6.07) is 16.6. The smallest absolute Gasteiger partial charge is 0.245 e. The number of nitrogens with two attached hydrogens (primary N) is 1. The molecule has 5 nitrogen and oxygen atoms in total. The predicted octanol–water partition coefficient (Wildman–Crippen LogP) is 4.91. The van der Waals surface area contributed by atoms with E-state index < -0.39 is 12.1 Å². The van der Waals surface area contributed by atoms with Gasteiger partial charge in [-0.15, -0.1) is 0 Å². The van der Waals surface area contributed by atoms with Gasteiger partial charge in [-0.3, -0.25) is 9.59 Å². The van der Waals surface area contributed by atoms with Crippen LogP contribution in [0.5, 0.6) is 0 Å². The van der Waals surface area contributed by atoms with E-state index in [1.165, 1.54) is 5.56 Å². The van der Waals surface area contributed by atoms with Crippen molar-refractivity contribution in [1.29, 1.82) is 0 Å². The normalized spacial score (nSPS) is 19.7. The number of carbonyl (C=O) groups excluding carboxylic acids is 2. The maximum Gasteiger partial charge on any atom is 0.245 e. The van der Waals surface area contributed by atoms with Gasteiger partial charge >= 0.3 is 0 Å². The number of benzene rings is 2. The SMILES string of the molecule is CC(C)[C@@H](NC(=O)CC(N)c1ccccc1)C(=O)N1CC[C@H](c2ccc(Cl)cc2)C(C)(C)C1. The van der Waals surface area contributed by atoms with Crippen LogP contribution in [-0.4, -0.2) is 35.8 Å². The number of halogens is 1. The van der Waals surface area contributed by atoms with Crippen molar-refractivity contribution in [3.05, 3.63) is 70.7 Å². The Kier molecular flexibility index (Phi) is 8.19. The molecule has 0 spiro atoms. The first-order chi connectivity index (χ1) is 15.6. The lowest BCUT2D eigenvalue weighted by atomic mass is 9.70. The molecule has 33 heavy (non-hydrogen) atoms. The van der Waals surface area contributed by atoms with E-state index in [0.717, 1.165) is 17.0 Å². The van der Waals surface area contributed by atoms with Gasteiger partial charge in [-0.25, -0.2) is 0 Å². The molecule has 1 unspecified atom stereocenters. The highest BCUT2D eigenvalue weighted by Crippen LogP contribution is 2.42. The average Bonchev–Trinajstić information content (AvgIpc) is 2.77. The maximum atomic E-state index is 13.5. The van der Waals surface area contributed by atoms with Gasteiger partial charge in [0.2, 0.25) is 11.8 Å². The van der Waals surface area contributed by atoms with E-state index in [4.69, 9.17) is 17.3 Å². The molecule has 3 atom stereocenters. The van der Waals surface area contributed by atoms with Gasteiger partial charge in [0.25, 0.3) is 0 Å². The topological polar surface area (TPSA) is 75.4 Å². The quantitative estimate of drug-likeness (QED) is 0.604. The van der Waals surface area contributed by atoms with Crippen molar-refractivity contribution in [3.63, 3.8) is 0 Å². The van der Waals surface area contributed by atoms with Crippen molar-refractivity contribution in [1.82, 2.24) is 10.2 Å². The first kappa shape index (κ1) is 25.3. The van der Waals surface area contributed by atoms with Crippen molar-refractivity contribution in [2.75, 3.05) is 13.1 Å². The van der Waals surface area contributed by atoms with Crippen LogP contribution in [0.15, 0.2) is 54.6 Å². The molecule has 2 aromatic rings. The molecule has 0 bridgehead atoms. The van der Waals surface area contributed by atoms with Gasteiger partial charge in [-0.2, -0.15) is 0 Å². The Morgan fingerprint density at radius 3 is 2.33 bits per heavy atom. The summed E-state index contributed by atoms with van der Waals surface area (Å²) >= 11 is 6.06. The van der Waals surface area contributed by atoms with Crippen molar-refractivity contribution in [2.45, 2.75) is 58.5 Å². The lowest BCUT2D eigenvalue weighted by molar-refractivity contribution is -0.140. The van der Waals surface area contributed by atoms with E-state index in [1.807, 2.05) is 61.2 Å². The molecule has 1 aliphatic heterocycles. The van der Waals surface area contributed by atoms with Gasteiger partial charge in [0.15, 0.2) is 0 Å². The fourth-order valence-corrected chi connectivity index (χ4v) is 4.94. The van der Waals surface area contributed by atoms with E-state index in [0.29, 0.717) is 19.0 Å². The van der Waals surface area contributed by atoms with Crippen LogP contribution in [-0.2, 0) is 9.59 Å². The molecule has 1 fully saturated rings. The van der Waals surface area contributed by atoms with Gasteiger partial charge in [0, 0.05) is 30.6 Å². The monoisotopic (exact) mass is 469 g/mol. The van der Waals surface area contributed by atoms with Crippen LogP contribution >= 0.6 is 11.6 Å². The van der Waals surface area contributed by atoms with Gasteiger partial charge < -0.3 is 16.0 Å². The van der Waals surface area contributed by atoms with Crippen LogP contribution in [0.1, 0.15) is 63.6 Å². The molecule has 1 saturated heterocycles. The Morgan fingerprint density at radius 1 is 1.12 bits per heavy atom. The molecule has 3 N–H and O–H groups in total. The second-order valence-electron chi connectivity index (χ2n) is 10.2. The fourth-order valence-electron chi connectivity index (χ4n) is 4.82. The summed E-state index contributed by atoms with van der Waals surface area (Å²) in [4.78, 5) is 28.1. The highest BCUT2D eigenvalue weighted by Gasteiger charge is 2.40. The Balaban J connectivity index is 1.64. The van der Waals surface area contributed by atoms with Crippen molar-refractivity contribution < 1.29 is 9.59 Å². The molecular weight excluding hydrogens is 434 g/mol. The minimum absolute atomic E-state index is 0.0192. The summed E-state index contributed by atoms with van der Waals surface area (Å²) in [6.07, 6.45) is 1.02. The lowest BCUT2D eigenvalue weighted by Gasteiger charge is -2.45. The molecule has 0 saturated carbocycles. The van der Waals surface area contributed by atoms with Crippen LogP contribution in [0, 0.1) is 11.3 Å². The summed E-state index contributed by atoms with van der Waals surface area (Å²) in [6.45, 7) is 9.64. The zero-order valence-electron chi connectivity index (χ0n) is 20.1. The molecular formula is C27H36ClN3O2. The Labute approximate surface area is 202 Å². The van der Waals surface area contributed by atoms with Crippen LogP contribution < -0.4 is 11.1 Å². The Bertz CT molecular complexity index is 944. The number of nitrogens with one attached hydrogen (secondary N) is 1. The maximum absolute atomic E-state index is 13.5. The lowest BCUT2D eigenvalue weighted by Crippen LogP contribution is -2.56. The summed E-state index contributed by atoms with van der Waals surface area (Å²) in [5, 5.41) is 3.69. The van der Waals surface area contributed by atoms with E-state index >= 15 is 0 Å². The number of carbonyl (C=O) groups is 2. The van der Waals surface area contributed by atoms with Gasteiger partial charge in [-0.1, -0.05) is 81.8 Å². The second kappa shape index (κ2) is 10.7.